The number of nitrogens with one attached hydrogen (secondary N) is 1. The maximum absolute atomic E-state index is 12.4. The van der Waals surface area contributed by atoms with Gasteiger partial charge in [-0.3, -0.25) is 4.79 Å². The first-order valence-electron chi connectivity index (χ1n) is 7.61. The average molecular weight is 392 g/mol. The van der Waals surface area contributed by atoms with Crippen molar-refractivity contribution < 1.29 is 14.3 Å². The molecule has 0 saturated carbocycles. The lowest BCUT2D eigenvalue weighted by Crippen LogP contribution is -2.36. The van der Waals surface area contributed by atoms with Crippen LogP contribution in [0.2, 0.25) is 0 Å². The van der Waals surface area contributed by atoms with Gasteiger partial charge in [0.25, 0.3) is 5.91 Å². The van der Waals surface area contributed by atoms with E-state index >= 15 is 0 Å². The van der Waals surface area contributed by atoms with Crippen molar-refractivity contribution in [1.82, 2.24) is 4.98 Å². The van der Waals surface area contributed by atoms with E-state index in [4.69, 9.17) is 9.47 Å². The van der Waals surface area contributed by atoms with E-state index in [9.17, 15) is 4.79 Å². The molecule has 1 aliphatic rings. The second-order valence-corrected chi connectivity index (χ2v) is 6.16. The molecule has 2 aromatic rings. The summed E-state index contributed by atoms with van der Waals surface area (Å²) in [7, 11) is 1.57. The molecule has 1 fully saturated rings. The van der Waals surface area contributed by atoms with E-state index in [1.165, 1.54) is 0 Å². The van der Waals surface area contributed by atoms with Crippen molar-refractivity contribution in [2.24, 2.45) is 0 Å². The van der Waals surface area contributed by atoms with Crippen LogP contribution >= 0.6 is 15.9 Å². The number of ether oxygens (including phenoxy) is 2. The summed E-state index contributed by atoms with van der Waals surface area (Å²) in [6.45, 7) is 3.15. The molecule has 0 spiro atoms. The number of anilines is 2. The van der Waals surface area contributed by atoms with Crippen molar-refractivity contribution in [1.29, 1.82) is 0 Å². The molecule has 24 heavy (non-hydrogen) atoms. The van der Waals surface area contributed by atoms with Crippen molar-refractivity contribution in [2.75, 3.05) is 43.6 Å². The zero-order valence-corrected chi connectivity index (χ0v) is 14.9. The fourth-order valence-electron chi connectivity index (χ4n) is 2.46. The Morgan fingerprint density at radius 2 is 2.08 bits per heavy atom. The fourth-order valence-corrected chi connectivity index (χ4v) is 2.88. The van der Waals surface area contributed by atoms with E-state index in [1.807, 2.05) is 6.07 Å². The minimum atomic E-state index is -0.243. The molecule has 1 amide bonds. The first-order valence-corrected chi connectivity index (χ1v) is 8.40. The monoisotopic (exact) mass is 391 g/mol. The topological polar surface area (TPSA) is 63.7 Å². The lowest BCUT2D eigenvalue weighted by Gasteiger charge is -2.28. The van der Waals surface area contributed by atoms with Gasteiger partial charge in [0.2, 0.25) is 0 Å². The third kappa shape index (κ3) is 3.85. The fraction of sp³-hybridized carbons (Fsp3) is 0.294. The Morgan fingerprint density at radius 1 is 1.29 bits per heavy atom. The average Bonchev–Trinajstić information content (AvgIpc) is 2.63. The SMILES string of the molecule is COc1ccc(Br)c(C(=O)Nc2ccc(N3CCOCC3)cn2)c1. The molecule has 0 radical (unpaired) electrons. The maximum atomic E-state index is 12.4. The number of pyridine rings is 1. The molecule has 0 aliphatic carbocycles. The first kappa shape index (κ1) is 16.7. The molecule has 0 bridgehead atoms. The Kier molecular flexibility index (Phi) is 5.32. The van der Waals surface area contributed by atoms with Crippen molar-refractivity contribution in [2.45, 2.75) is 0 Å². The number of carbonyl (C=O) groups is 1. The van der Waals surface area contributed by atoms with Gasteiger partial charge in [-0.2, -0.15) is 0 Å². The van der Waals surface area contributed by atoms with Crippen molar-refractivity contribution >= 4 is 33.3 Å². The van der Waals surface area contributed by atoms with Gasteiger partial charge < -0.3 is 19.7 Å². The van der Waals surface area contributed by atoms with Crippen molar-refractivity contribution in [3.05, 3.63) is 46.6 Å². The normalized spacial score (nSPS) is 14.3. The van der Waals surface area contributed by atoms with E-state index in [0.29, 0.717) is 21.6 Å². The molecule has 0 atom stereocenters. The highest BCUT2D eigenvalue weighted by Gasteiger charge is 2.14. The molecule has 126 valence electrons. The quantitative estimate of drug-likeness (QED) is 0.867. The molecule has 7 heteroatoms. The van der Waals surface area contributed by atoms with E-state index in [2.05, 4.69) is 31.1 Å². The van der Waals surface area contributed by atoms with E-state index in [0.717, 1.165) is 32.0 Å². The highest BCUT2D eigenvalue weighted by atomic mass is 79.9. The summed E-state index contributed by atoms with van der Waals surface area (Å²) in [5.74, 6) is 0.887. The van der Waals surface area contributed by atoms with Gasteiger partial charge in [0.1, 0.15) is 11.6 Å². The lowest BCUT2D eigenvalue weighted by atomic mass is 10.2. The summed E-state index contributed by atoms with van der Waals surface area (Å²) in [5.41, 5.74) is 1.52. The highest BCUT2D eigenvalue weighted by Crippen LogP contribution is 2.23. The predicted octanol–water partition coefficient (Wildman–Crippen LogP) is 2.94. The van der Waals surface area contributed by atoms with Gasteiger partial charge >= 0.3 is 0 Å². The largest absolute Gasteiger partial charge is 0.497 e. The number of hydrogen-bond acceptors (Lipinski definition) is 5. The number of morpholine rings is 1. The number of hydrogen-bond donors (Lipinski definition) is 1. The van der Waals surface area contributed by atoms with E-state index < -0.39 is 0 Å². The Hall–Kier alpha value is -2.12. The van der Waals surface area contributed by atoms with Crippen LogP contribution in [-0.2, 0) is 4.74 Å². The molecule has 1 aliphatic heterocycles. The Balaban J connectivity index is 1.70. The van der Waals surface area contributed by atoms with Crippen LogP contribution in [0.5, 0.6) is 5.75 Å². The number of nitrogens with zero attached hydrogens (tertiary/aromatic N) is 2. The molecule has 6 nitrogen and oxygen atoms in total. The van der Waals surface area contributed by atoms with Crippen LogP contribution in [-0.4, -0.2) is 44.3 Å². The second kappa shape index (κ2) is 7.63. The van der Waals surface area contributed by atoms with Gasteiger partial charge in [-0.25, -0.2) is 4.98 Å². The number of halogens is 1. The van der Waals surface area contributed by atoms with Gasteiger partial charge in [0, 0.05) is 17.6 Å². The van der Waals surface area contributed by atoms with Gasteiger partial charge in [0.05, 0.1) is 37.8 Å². The van der Waals surface area contributed by atoms with Gasteiger partial charge in [-0.05, 0) is 46.3 Å². The van der Waals surface area contributed by atoms with Gasteiger partial charge in [0.15, 0.2) is 0 Å². The minimum absolute atomic E-state index is 0.243. The third-order valence-corrected chi connectivity index (χ3v) is 4.48. The van der Waals surface area contributed by atoms with E-state index in [1.54, 1.807) is 37.6 Å². The highest BCUT2D eigenvalue weighted by molar-refractivity contribution is 9.10. The van der Waals surface area contributed by atoms with Crippen molar-refractivity contribution in [3.8, 4) is 5.75 Å². The Labute approximate surface area is 148 Å². The molecule has 1 saturated heterocycles. The second-order valence-electron chi connectivity index (χ2n) is 5.30. The zero-order valence-electron chi connectivity index (χ0n) is 13.3. The summed E-state index contributed by atoms with van der Waals surface area (Å²) in [6, 6.07) is 9.01. The first-order chi connectivity index (χ1) is 11.7. The summed E-state index contributed by atoms with van der Waals surface area (Å²) in [4.78, 5) is 19.0. The van der Waals surface area contributed by atoms with Crippen LogP contribution in [0.25, 0.3) is 0 Å². The number of benzene rings is 1. The van der Waals surface area contributed by atoms with Crippen molar-refractivity contribution in [3.63, 3.8) is 0 Å². The molecular weight excluding hydrogens is 374 g/mol. The van der Waals surface area contributed by atoms with Gasteiger partial charge in [-0.15, -0.1) is 0 Å². The van der Waals surface area contributed by atoms with Crippen LogP contribution in [0.1, 0.15) is 10.4 Å². The van der Waals surface area contributed by atoms with Crippen LogP contribution in [0.15, 0.2) is 41.0 Å². The third-order valence-electron chi connectivity index (χ3n) is 3.78. The number of methoxy groups -OCH3 is 1. The lowest BCUT2D eigenvalue weighted by molar-refractivity contribution is 0.102. The maximum Gasteiger partial charge on any atom is 0.258 e. The molecule has 1 N–H and O–H groups in total. The summed E-state index contributed by atoms with van der Waals surface area (Å²) >= 11 is 3.38. The number of amides is 1. The molecule has 1 aromatic heterocycles. The molecule has 0 unspecified atom stereocenters. The Bertz CT molecular complexity index is 716. The number of aromatic nitrogens is 1. The zero-order chi connectivity index (χ0) is 16.9. The van der Waals surface area contributed by atoms with E-state index in [-0.39, 0.29) is 5.91 Å². The summed E-state index contributed by atoms with van der Waals surface area (Å²) < 4.78 is 11.2. The smallest absolute Gasteiger partial charge is 0.258 e. The minimum Gasteiger partial charge on any atom is -0.497 e. The number of carbonyl (C=O) groups excluding carboxylic acids is 1. The molecule has 2 heterocycles. The standard InChI is InChI=1S/C17H18BrN3O3/c1-23-13-3-4-15(18)14(10-13)17(22)20-16-5-2-12(11-19-16)21-6-8-24-9-7-21/h2-5,10-11H,6-9H2,1H3,(H,19,20,22). The molecule has 1 aromatic carbocycles. The molecule has 3 rings (SSSR count). The Morgan fingerprint density at radius 3 is 2.75 bits per heavy atom. The van der Waals surface area contributed by atoms with Crippen LogP contribution in [0, 0.1) is 0 Å². The molecular formula is C17H18BrN3O3. The van der Waals surface area contributed by atoms with Crippen LogP contribution < -0.4 is 15.0 Å². The van der Waals surface area contributed by atoms with Crippen LogP contribution in [0.3, 0.4) is 0 Å². The predicted molar refractivity (Wildman–Crippen MR) is 95.9 cm³/mol. The summed E-state index contributed by atoms with van der Waals surface area (Å²) in [5, 5.41) is 2.80. The van der Waals surface area contributed by atoms with Crippen LogP contribution in [0.4, 0.5) is 11.5 Å². The summed E-state index contributed by atoms with van der Waals surface area (Å²) in [6.07, 6.45) is 1.77. The number of rotatable bonds is 4. The van der Waals surface area contributed by atoms with Gasteiger partial charge in [-0.1, -0.05) is 0 Å².